The Hall–Kier alpha value is -1.34. The summed E-state index contributed by atoms with van der Waals surface area (Å²) in [6.07, 6.45) is 3.54. The van der Waals surface area contributed by atoms with Crippen LogP contribution >= 0.6 is 0 Å². The van der Waals surface area contributed by atoms with E-state index in [4.69, 9.17) is 18.9 Å². The topological polar surface area (TPSA) is 60.4 Å². The molecule has 4 rings (SSSR count). The van der Waals surface area contributed by atoms with Crippen molar-refractivity contribution in [3.05, 3.63) is 23.8 Å². The molecular formula is C19H27NO5. The first kappa shape index (κ1) is 17.1. The first-order valence-electron chi connectivity index (χ1n) is 9.36. The standard InChI is InChI=1S/C19H27NO5/c21-16(14-5-6-17-18(12-14)23-9-3-8-22-17)13-20-7-2-1-4-15(20)19-24-10-11-25-19/h5-6,12,15-16,19,21H,1-4,7-11,13H2. The van der Waals surface area contributed by atoms with Crippen LogP contribution < -0.4 is 9.47 Å². The molecule has 0 amide bonds. The maximum Gasteiger partial charge on any atom is 0.173 e. The minimum Gasteiger partial charge on any atom is -0.490 e. The van der Waals surface area contributed by atoms with Crippen LogP contribution in [0.15, 0.2) is 18.2 Å². The van der Waals surface area contributed by atoms with Crippen LogP contribution in [0.5, 0.6) is 11.5 Å². The SMILES string of the molecule is OC(CN1CCCCC1C1OCCO1)c1ccc2c(c1)OCCCO2. The number of aliphatic hydroxyl groups excluding tert-OH is 1. The highest BCUT2D eigenvalue weighted by atomic mass is 16.7. The van der Waals surface area contributed by atoms with Crippen molar-refractivity contribution < 1.29 is 24.1 Å². The number of benzene rings is 1. The van der Waals surface area contributed by atoms with Gasteiger partial charge < -0.3 is 24.1 Å². The van der Waals surface area contributed by atoms with Crippen LogP contribution in [0, 0.1) is 0 Å². The van der Waals surface area contributed by atoms with Crippen LogP contribution in [0.4, 0.5) is 0 Å². The molecule has 6 heteroatoms. The average molecular weight is 349 g/mol. The normalized spacial score (nSPS) is 26.4. The zero-order valence-electron chi connectivity index (χ0n) is 14.6. The van der Waals surface area contributed by atoms with E-state index in [1.165, 1.54) is 6.42 Å². The number of β-amino-alcohol motifs (C(OH)–C–C–N with tert-alkyl or cyclic N) is 1. The van der Waals surface area contributed by atoms with E-state index in [-0.39, 0.29) is 12.3 Å². The highest BCUT2D eigenvalue weighted by Crippen LogP contribution is 2.33. The molecule has 0 saturated carbocycles. The number of ether oxygens (including phenoxy) is 4. The molecule has 0 bridgehead atoms. The highest BCUT2D eigenvalue weighted by Gasteiger charge is 2.34. The summed E-state index contributed by atoms with van der Waals surface area (Å²) >= 11 is 0. The molecule has 1 N–H and O–H groups in total. The van der Waals surface area contributed by atoms with Gasteiger partial charge in [-0.1, -0.05) is 12.5 Å². The highest BCUT2D eigenvalue weighted by molar-refractivity contribution is 5.44. The van der Waals surface area contributed by atoms with Gasteiger partial charge in [0, 0.05) is 13.0 Å². The molecule has 3 heterocycles. The number of likely N-dealkylation sites (tertiary alicyclic amines) is 1. The molecule has 2 atom stereocenters. The van der Waals surface area contributed by atoms with Crippen molar-refractivity contribution in [2.24, 2.45) is 0 Å². The summed E-state index contributed by atoms with van der Waals surface area (Å²) in [5, 5.41) is 10.8. The maximum absolute atomic E-state index is 10.8. The molecule has 6 nitrogen and oxygen atoms in total. The maximum atomic E-state index is 10.8. The van der Waals surface area contributed by atoms with Gasteiger partial charge in [0.2, 0.25) is 0 Å². The van der Waals surface area contributed by atoms with E-state index >= 15 is 0 Å². The van der Waals surface area contributed by atoms with E-state index in [0.29, 0.717) is 33.0 Å². The van der Waals surface area contributed by atoms with E-state index in [9.17, 15) is 5.11 Å². The van der Waals surface area contributed by atoms with Gasteiger partial charge in [0.15, 0.2) is 17.8 Å². The molecule has 2 fully saturated rings. The second kappa shape index (κ2) is 7.91. The second-order valence-corrected chi connectivity index (χ2v) is 6.94. The van der Waals surface area contributed by atoms with E-state index in [1.54, 1.807) is 0 Å². The van der Waals surface area contributed by atoms with Crippen molar-refractivity contribution in [1.82, 2.24) is 4.90 Å². The Morgan fingerprint density at radius 3 is 2.64 bits per heavy atom. The van der Waals surface area contributed by atoms with Crippen molar-refractivity contribution in [2.75, 3.05) is 39.5 Å². The smallest absolute Gasteiger partial charge is 0.173 e. The predicted molar refractivity (Wildman–Crippen MR) is 91.9 cm³/mol. The molecule has 3 aliphatic heterocycles. The van der Waals surface area contributed by atoms with Gasteiger partial charge in [-0.15, -0.1) is 0 Å². The van der Waals surface area contributed by atoms with Gasteiger partial charge >= 0.3 is 0 Å². The first-order valence-corrected chi connectivity index (χ1v) is 9.36. The molecule has 0 aromatic heterocycles. The summed E-state index contributed by atoms with van der Waals surface area (Å²) in [6, 6.07) is 5.97. The summed E-state index contributed by atoms with van der Waals surface area (Å²) in [5.74, 6) is 1.49. The van der Waals surface area contributed by atoms with Gasteiger partial charge in [-0.25, -0.2) is 0 Å². The Balaban J connectivity index is 1.45. The number of fused-ring (bicyclic) bond motifs is 1. The van der Waals surface area contributed by atoms with Crippen LogP contribution in [0.25, 0.3) is 0 Å². The van der Waals surface area contributed by atoms with Crippen LogP contribution in [0.2, 0.25) is 0 Å². The number of piperidine rings is 1. The summed E-state index contributed by atoms with van der Waals surface area (Å²) < 4.78 is 22.8. The van der Waals surface area contributed by atoms with Gasteiger partial charge in [0.25, 0.3) is 0 Å². The van der Waals surface area contributed by atoms with Crippen LogP contribution in [0.1, 0.15) is 37.4 Å². The van der Waals surface area contributed by atoms with Crippen LogP contribution in [-0.2, 0) is 9.47 Å². The third-order valence-electron chi connectivity index (χ3n) is 5.19. The molecule has 3 aliphatic rings. The second-order valence-electron chi connectivity index (χ2n) is 6.94. The number of nitrogens with zero attached hydrogens (tertiary/aromatic N) is 1. The van der Waals surface area contributed by atoms with E-state index < -0.39 is 6.10 Å². The summed E-state index contributed by atoms with van der Waals surface area (Å²) in [6.45, 7) is 4.20. The Labute approximate surface area is 148 Å². The Morgan fingerprint density at radius 2 is 1.80 bits per heavy atom. The van der Waals surface area contributed by atoms with Crippen molar-refractivity contribution in [3.8, 4) is 11.5 Å². The fourth-order valence-electron chi connectivity index (χ4n) is 3.87. The van der Waals surface area contributed by atoms with E-state index in [0.717, 1.165) is 42.9 Å². The van der Waals surface area contributed by atoms with E-state index in [2.05, 4.69) is 4.90 Å². The molecule has 0 radical (unpaired) electrons. The molecule has 1 aromatic rings. The molecule has 1 aromatic carbocycles. The van der Waals surface area contributed by atoms with E-state index in [1.807, 2.05) is 18.2 Å². The van der Waals surface area contributed by atoms with Gasteiger partial charge in [-0.3, -0.25) is 4.90 Å². The van der Waals surface area contributed by atoms with Crippen molar-refractivity contribution in [2.45, 2.75) is 44.1 Å². The lowest BCUT2D eigenvalue weighted by molar-refractivity contribution is -0.114. The monoisotopic (exact) mass is 349 g/mol. The third kappa shape index (κ3) is 3.92. The Morgan fingerprint density at radius 1 is 1.00 bits per heavy atom. The molecule has 2 unspecified atom stereocenters. The minimum atomic E-state index is -0.570. The number of hydrogen-bond donors (Lipinski definition) is 1. The summed E-state index contributed by atoms with van der Waals surface area (Å²) in [5.41, 5.74) is 0.863. The third-order valence-corrected chi connectivity index (χ3v) is 5.19. The quantitative estimate of drug-likeness (QED) is 0.898. The number of aliphatic hydroxyl groups is 1. The zero-order valence-corrected chi connectivity index (χ0v) is 14.6. The van der Waals surface area contributed by atoms with Crippen LogP contribution in [-0.4, -0.2) is 61.9 Å². The fourth-order valence-corrected chi connectivity index (χ4v) is 3.87. The van der Waals surface area contributed by atoms with Gasteiger partial charge in [-0.05, 0) is 37.1 Å². The first-order chi connectivity index (χ1) is 12.3. The molecule has 138 valence electrons. The summed E-state index contributed by atoms with van der Waals surface area (Å²) in [4.78, 5) is 2.31. The van der Waals surface area contributed by atoms with Crippen molar-refractivity contribution in [3.63, 3.8) is 0 Å². The Kier molecular flexibility index (Phi) is 5.41. The minimum absolute atomic E-state index is 0.156. The molecule has 0 aliphatic carbocycles. The van der Waals surface area contributed by atoms with Crippen molar-refractivity contribution >= 4 is 0 Å². The van der Waals surface area contributed by atoms with Gasteiger partial charge in [0.05, 0.1) is 38.6 Å². The molecule has 0 spiro atoms. The van der Waals surface area contributed by atoms with Gasteiger partial charge in [0.1, 0.15) is 0 Å². The number of hydrogen-bond acceptors (Lipinski definition) is 6. The number of rotatable bonds is 4. The lowest BCUT2D eigenvalue weighted by Crippen LogP contribution is -2.48. The molecule has 25 heavy (non-hydrogen) atoms. The predicted octanol–water partition coefficient (Wildman–Crippen LogP) is 2.11. The lowest BCUT2D eigenvalue weighted by atomic mass is 9.99. The Bertz CT molecular complexity index is 575. The van der Waals surface area contributed by atoms with Crippen LogP contribution in [0.3, 0.4) is 0 Å². The van der Waals surface area contributed by atoms with Crippen molar-refractivity contribution in [1.29, 1.82) is 0 Å². The average Bonchev–Trinajstić information content (AvgIpc) is 3.07. The largest absolute Gasteiger partial charge is 0.490 e. The van der Waals surface area contributed by atoms with Gasteiger partial charge in [-0.2, -0.15) is 0 Å². The molecule has 2 saturated heterocycles. The zero-order chi connectivity index (χ0) is 17.1. The summed E-state index contributed by atoms with van der Waals surface area (Å²) in [7, 11) is 0. The fraction of sp³-hybridized carbons (Fsp3) is 0.684. The lowest BCUT2D eigenvalue weighted by Gasteiger charge is -2.39. The molecular weight excluding hydrogens is 322 g/mol.